The highest BCUT2D eigenvalue weighted by Crippen LogP contribution is 2.32. The quantitative estimate of drug-likeness (QED) is 0.244. The minimum Gasteiger partial charge on any atom is -0.496 e. The molecule has 0 N–H and O–H groups in total. The Morgan fingerprint density at radius 3 is 2.62 bits per heavy atom. The van der Waals surface area contributed by atoms with Crippen LogP contribution in [0.5, 0.6) is 5.75 Å². The van der Waals surface area contributed by atoms with Crippen LogP contribution in [-0.2, 0) is 12.3 Å². The molecule has 2 aromatic carbocycles. The van der Waals surface area contributed by atoms with Crippen molar-refractivity contribution in [2.75, 3.05) is 7.11 Å². The number of allylic oxidation sites excluding steroid dienone is 1. The number of para-hydroxylation sites is 1. The Hall–Kier alpha value is -3.39. The highest BCUT2D eigenvalue weighted by Gasteiger charge is 2.18. The zero-order chi connectivity index (χ0) is 22.5. The second-order valence-corrected chi connectivity index (χ2v) is 8.43. The van der Waals surface area contributed by atoms with Crippen LogP contribution in [0.3, 0.4) is 0 Å². The highest BCUT2D eigenvalue weighted by molar-refractivity contribution is 7.98. The number of benzene rings is 2. The van der Waals surface area contributed by atoms with Gasteiger partial charge in [0, 0.05) is 12.1 Å². The summed E-state index contributed by atoms with van der Waals surface area (Å²) in [6.07, 6.45) is 1.82. The molecule has 0 aliphatic heterocycles. The Balaban J connectivity index is 1.52. The van der Waals surface area contributed by atoms with Gasteiger partial charge in [0.15, 0.2) is 11.0 Å². The molecule has 0 saturated heterocycles. The molecule has 4 rings (SSSR count). The third-order valence-corrected chi connectivity index (χ3v) is 5.96. The van der Waals surface area contributed by atoms with E-state index in [4.69, 9.17) is 9.26 Å². The summed E-state index contributed by atoms with van der Waals surface area (Å²) in [7, 11) is 1.65. The van der Waals surface area contributed by atoms with Gasteiger partial charge in [-0.05, 0) is 23.6 Å². The Morgan fingerprint density at radius 1 is 1.12 bits per heavy atom. The molecule has 0 aliphatic rings. The van der Waals surface area contributed by atoms with Gasteiger partial charge >= 0.3 is 0 Å². The van der Waals surface area contributed by atoms with Gasteiger partial charge in [-0.25, -0.2) is 0 Å². The van der Waals surface area contributed by atoms with Crippen molar-refractivity contribution < 1.29 is 9.26 Å². The summed E-state index contributed by atoms with van der Waals surface area (Å²) in [6.45, 7) is 8.78. The Bertz CT molecular complexity index is 1200. The Labute approximate surface area is 191 Å². The number of methoxy groups -OCH3 is 1. The summed E-state index contributed by atoms with van der Waals surface area (Å²) in [5.74, 6) is 3.55. The van der Waals surface area contributed by atoms with Gasteiger partial charge in [-0.2, -0.15) is 4.98 Å². The lowest BCUT2D eigenvalue weighted by Crippen LogP contribution is -2.01. The van der Waals surface area contributed by atoms with E-state index in [0.29, 0.717) is 29.9 Å². The first kappa shape index (κ1) is 21.8. The van der Waals surface area contributed by atoms with Crippen LogP contribution in [0.2, 0.25) is 0 Å². The van der Waals surface area contributed by atoms with Crippen LogP contribution < -0.4 is 4.74 Å². The maximum atomic E-state index is 5.49. The van der Waals surface area contributed by atoms with Crippen LogP contribution in [0.1, 0.15) is 31.2 Å². The first-order valence-corrected chi connectivity index (χ1v) is 11.3. The van der Waals surface area contributed by atoms with E-state index in [-0.39, 0.29) is 0 Å². The zero-order valence-electron chi connectivity index (χ0n) is 18.4. The molecule has 2 aromatic heterocycles. The molecule has 0 saturated carbocycles. The minimum absolute atomic E-state index is 0.481. The largest absolute Gasteiger partial charge is 0.496 e. The number of nitrogens with zero attached hydrogens (tertiary/aromatic N) is 5. The summed E-state index contributed by atoms with van der Waals surface area (Å²) in [5, 5.41) is 13.6. The highest BCUT2D eigenvalue weighted by atomic mass is 32.2. The van der Waals surface area contributed by atoms with Crippen LogP contribution in [0.25, 0.3) is 22.8 Å². The first-order chi connectivity index (χ1) is 15.6. The summed E-state index contributed by atoms with van der Waals surface area (Å²) in [5.41, 5.74) is 3.09. The molecule has 32 heavy (non-hydrogen) atoms. The molecule has 2 heterocycles. The number of rotatable bonds is 9. The van der Waals surface area contributed by atoms with Crippen LogP contribution in [0, 0.1) is 0 Å². The van der Waals surface area contributed by atoms with Gasteiger partial charge in [0.25, 0.3) is 0 Å². The Kier molecular flexibility index (Phi) is 6.70. The molecule has 0 aliphatic carbocycles. The van der Waals surface area contributed by atoms with Gasteiger partial charge in [0.05, 0.1) is 18.4 Å². The van der Waals surface area contributed by atoms with Crippen LogP contribution in [-0.4, -0.2) is 32.0 Å². The molecule has 0 atom stereocenters. The fraction of sp³-hybridized carbons (Fsp3) is 0.250. The van der Waals surface area contributed by atoms with Crippen molar-refractivity contribution in [3.05, 3.63) is 72.6 Å². The number of hydrogen-bond donors (Lipinski definition) is 0. The van der Waals surface area contributed by atoms with E-state index in [2.05, 4.69) is 52.9 Å². The van der Waals surface area contributed by atoms with E-state index in [1.54, 1.807) is 7.11 Å². The fourth-order valence-electron chi connectivity index (χ4n) is 3.29. The second-order valence-electron chi connectivity index (χ2n) is 7.48. The average Bonchev–Trinajstić information content (AvgIpc) is 3.45. The van der Waals surface area contributed by atoms with E-state index >= 15 is 0 Å². The van der Waals surface area contributed by atoms with Crippen molar-refractivity contribution >= 4 is 11.8 Å². The molecule has 0 bridgehead atoms. The van der Waals surface area contributed by atoms with Gasteiger partial charge < -0.3 is 9.26 Å². The second kappa shape index (κ2) is 9.82. The number of thioether (sulfide) groups is 1. The fourth-order valence-corrected chi connectivity index (χ4v) is 4.08. The lowest BCUT2D eigenvalue weighted by molar-refractivity contribution is 0.391. The number of ether oxygens (including phenoxy) is 1. The molecule has 7 nitrogen and oxygen atoms in total. The zero-order valence-corrected chi connectivity index (χ0v) is 19.2. The maximum Gasteiger partial charge on any atom is 0.237 e. The molecule has 4 aromatic rings. The van der Waals surface area contributed by atoms with Crippen LogP contribution >= 0.6 is 11.8 Å². The lowest BCUT2D eigenvalue weighted by Gasteiger charge is -2.10. The van der Waals surface area contributed by atoms with Crippen LogP contribution in [0.4, 0.5) is 0 Å². The normalized spacial score (nSPS) is 11.1. The summed E-state index contributed by atoms with van der Waals surface area (Å²) in [6, 6.07) is 16.0. The van der Waals surface area contributed by atoms with Gasteiger partial charge in [0.1, 0.15) is 5.75 Å². The molecule has 0 radical (unpaired) electrons. The molecular weight excluding hydrogens is 422 g/mol. The van der Waals surface area contributed by atoms with Crippen molar-refractivity contribution in [3.8, 4) is 28.5 Å². The Morgan fingerprint density at radius 2 is 1.91 bits per heavy atom. The molecule has 164 valence electrons. The van der Waals surface area contributed by atoms with Crippen LogP contribution in [0.15, 0.2) is 70.9 Å². The standard InChI is InChI=1S/C24H25N5O2S/c1-5-14-29-23(19-8-6-7-9-20(19)30-4)26-27-24(29)32-15-21-25-22(28-31-21)18-12-10-17(11-13-18)16(2)3/h5-13,16H,1,14-15H2,2-4H3. The predicted molar refractivity (Wildman–Crippen MR) is 126 cm³/mol. The summed E-state index contributed by atoms with van der Waals surface area (Å²) >= 11 is 1.49. The molecule has 0 spiro atoms. The maximum absolute atomic E-state index is 5.49. The van der Waals surface area contributed by atoms with Crippen molar-refractivity contribution in [1.29, 1.82) is 0 Å². The van der Waals surface area contributed by atoms with Gasteiger partial charge in [0.2, 0.25) is 11.7 Å². The van der Waals surface area contributed by atoms with E-state index in [9.17, 15) is 0 Å². The average molecular weight is 448 g/mol. The van der Waals surface area contributed by atoms with Gasteiger partial charge in [-0.15, -0.1) is 16.8 Å². The molecule has 0 amide bonds. The minimum atomic E-state index is 0.481. The van der Waals surface area contributed by atoms with E-state index in [1.807, 2.05) is 47.0 Å². The molecule has 0 fully saturated rings. The topological polar surface area (TPSA) is 78.9 Å². The number of hydrogen-bond acceptors (Lipinski definition) is 7. The predicted octanol–water partition coefficient (Wildman–Crippen LogP) is 5.61. The molecular formula is C24H25N5O2S. The summed E-state index contributed by atoms with van der Waals surface area (Å²) in [4.78, 5) is 4.54. The number of aromatic nitrogens is 5. The van der Waals surface area contributed by atoms with Crippen molar-refractivity contribution in [3.63, 3.8) is 0 Å². The molecule has 8 heteroatoms. The lowest BCUT2D eigenvalue weighted by atomic mass is 10.0. The molecule has 0 unspecified atom stereocenters. The van der Waals surface area contributed by atoms with Gasteiger partial charge in [-0.1, -0.05) is 73.2 Å². The van der Waals surface area contributed by atoms with Crippen molar-refractivity contribution in [1.82, 2.24) is 24.9 Å². The van der Waals surface area contributed by atoms with Crippen molar-refractivity contribution in [2.45, 2.75) is 37.2 Å². The smallest absolute Gasteiger partial charge is 0.237 e. The van der Waals surface area contributed by atoms with Gasteiger partial charge in [-0.3, -0.25) is 4.57 Å². The van der Waals surface area contributed by atoms with E-state index in [0.717, 1.165) is 27.9 Å². The SMILES string of the molecule is C=CCn1c(SCc2nc(-c3ccc(C(C)C)cc3)no2)nnc1-c1ccccc1OC. The van der Waals surface area contributed by atoms with E-state index in [1.165, 1.54) is 17.3 Å². The first-order valence-electron chi connectivity index (χ1n) is 10.3. The monoisotopic (exact) mass is 447 g/mol. The van der Waals surface area contributed by atoms with Crippen molar-refractivity contribution in [2.24, 2.45) is 0 Å². The third kappa shape index (κ3) is 4.60. The summed E-state index contributed by atoms with van der Waals surface area (Å²) < 4.78 is 13.0. The van der Waals surface area contributed by atoms with E-state index < -0.39 is 0 Å². The third-order valence-electron chi connectivity index (χ3n) is 5.00.